The number of aliphatic imine (C=N–C) groups is 1. The maximum Gasteiger partial charge on any atom is 0.243 e. The summed E-state index contributed by atoms with van der Waals surface area (Å²) in [5.74, 6) is 0.682. The van der Waals surface area contributed by atoms with E-state index < -0.39 is 0 Å². The number of anilines is 2. The lowest BCUT2D eigenvalue weighted by Crippen LogP contribution is -2.53. The van der Waals surface area contributed by atoms with Crippen molar-refractivity contribution >= 4 is 47.2 Å². The molecule has 2 aromatic carbocycles. The zero-order chi connectivity index (χ0) is 18.2. The van der Waals surface area contributed by atoms with Gasteiger partial charge in [0.15, 0.2) is 5.96 Å². The van der Waals surface area contributed by atoms with E-state index in [1.54, 1.807) is 7.05 Å². The van der Waals surface area contributed by atoms with Gasteiger partial charge in [-0.2, -0.15) is 0 Å². The number of nitrogens with zero attached hydrogens (tertiary/aromatic N) is 3. The van der Waals surface area contributed by atoms with E-state index in [2.05, 4.69) is 49.7 Å². The number of benzene rings is 2. The van der Waals surface area contributed by atoms with Crippen LogP contribution in [-0.2, 0) is 4.79 Å². The van der Waals surface area contributed by atoms with Crippen LogP contribution < -0.4 is 15.5 Å². The first kappa shape index (κ1) is 21.0. The van der Waals surface area contributed by atoms with Gasteiger partial charge in [-0.25, -0.2) is 0 Å². The average molecular weight is 479 g/mol. The highest BCUT2D eigenvalue weighted by Crippen LogP contribution is 2.15. The van der Waals surface area contributed by atoms with Crippen LogP contribution in [0, 0.1) is 0 Å². The topological polar surface area (TPSA) is 60.0 Å². The summed E-state index contributed by atoms with van der Waals surface area (Å²) in [6.45, 7) is 3.80. The molecule has 0 aliphatic carbocycles. The Balaban J connectivity index is 0.00000261. The number of para-hydroxylation sites is 2. The number of rotatable bonds is 4. The molecule has 0 bridgehead atoms. The summed E-state index contributed by atoms with van der Waals surface area (Å²) >= 11 is 0. The van der Waals surface area contributed by atoms with Crippen molar-refractivity contribution < 1.29 is 4.79 Å². The summed E-state index contributed by atoms with van der Waals surface area (Å²) in [7, 11) is 1.75. The Morgan fingerprint density at radius 3 is 2.15 bits per heavy atom. The van der Waals surface area contributed by atoms with Crippen LogP contribution >= 0.6 is 24.0 Å². The fourth-order valence-corrected chi connectivity index (χ4v) is 3.03. The molecule has 0 atom stereocenters. The molecule has 2 N–H and O–H groups in total. The lowest BCUT2D eigenvalue weighted by Gasteiger charge is -2.37. The van der Waals surface area contributed by atoms with Crippen molar-refractivity contribution in [2.45, 2.75) is 0 Å². The lowest BCUT2D eigenvalue weighted by molar-refractivity contribution is -0.115. The van der Waals surface area contributed by atoms with Crippen molar-refractivity contribution in [2.75, 3.05) is 50.0 Å². The van der Waals surface area contributed by atoms with E-state index in [-0.39, 0.29) is 36.4 Å². The predicted molar refractivity (Wildman–Crippen MR) is 122 cm³/mol. The fourth-order valence-electron chi connectivity index (χ4n) is 3.03. The van der Waals surface area contributed by atoms with Gasteiger partial charge in [0.25, 0.3) is 0 Å². The normalized spacial score (nSPS) is 14.3. The number of hydrogen-bond acceptors (Lipinski definition) is 3. The lowest BCUT2D eigenvalue weighted by atomic mass is 10.2. The van der Waals surface area contributed by atoms with Gasteiger partial charge in [-0.1, -0.05) is 36.4 Å². The van der Waals surface area contributed by atoms with Crippen LogP contribution in [0.5, 0.6) is 0 Å². The van der Waals surface area contributed by atoms with E-state index in [4.69, 9.17) is 0 Å². The summed E-state index contributed by atoms with van der Waals surface area (Å²) in [4.78, 5) is 21.0. The molecule has 6 nitrogen and oxygen atoms in total. The Kier molecular flexibility index (Phi) is 8.38. The van der Waals surface area contributed by atoms with E-state index in [0.717, 1.165) is 37.8 Å². The summed E-state index contributed by atoms with van der Waals surface area (Å²) in [5, 5.41) is 6.03. The number of halogens is 1. The quantitative estimate of drug-likeness (QED) is 0.402. The highest BCUT2D eigenvalue weighted by Gasteiger charge is 2.20. The van der Waals surface area contributed by atoms with Crippen molar-refractivity contribution in [3.63, 3.8) is 0 Å². The Morgan fingerprint density at radius 2 is 1.56 bits per heavy atom. The molecule has 0 spiro atoms. The molecule has 1 amide bonds. The molecule has 1 aliphatic rings. The third-order valence-electron chi connectivity index (χ3n) is 4.38. The highest BCUT2D eigenvalue weighted by molar-refractivity contribution is 14.0. The molecular formula is C20H26IN5O. The predicted octanol–water partition coefficient (Wildman–Crippen LogP) is 2.64. The van der Waals surface area contributed by atoms with Crippen molar-refractivity contribution in [3.8, 4) is 0 Å². The first-order valence-electron chi connectivity index (χ1n) is 8.87. The van der Waals surface area contributed by atoms with Gasteiger partial charge in [0.1, 0.15) is 0 Å². The second-order valence-corrected chi connectivity index (χ2v) is 6.12. The molecule has 2 aromatic rings. The van der Waals surface area contributed by atoms with Crippen molar-refractivity contribution in [3.05, 3.63) is 60.7 Å². The second kappa shape index (κ2) is 10.8. The summed E-state index contributed by atoms with van der Waals surface area (Å²) in [6.07, 6.45) is 0. The smallest absolute Gasteiger partial charge is 0.243 e. The van der Waals surface area contributed by atoms with Crippen LogP contribution in [0.1, 0.15) is 0 Å². The Hall–Kier alpha value is -2.29. The first-order valence-corrected chi connectivity index (χ1v) is 8.87. The van der Waals surface area contributed by atoms with Gasteiger partial charge in [-0.05, 0) is 24.3 Å². The molecule has 1 aliphatic heterocycles. The van der Waals surface area contributed by atoms with Crippen molar-refractivity contribution in [1.82, 2.24) is 10.2 Å². The van der Waals surface area contributed by atoms with Gasteiger partial charge < -0.3 is 20.4 Å². The van der Waals surface area contributed by atoms with E-state index >= 15 is 0 Å². The zero-order valence-electron chi connectivity index (χ0n) is 15.5. The standard InChI is InChI=1S/C20H25N5O.HI/c1-21-20(22-16-19(26)23-17-8-4-2-5-9-17)25-14-12-24(13-15-25)18-10-6-3-7-11-18;/h2-11H,12-16H2,1H3,(H,21,22)(H,23,26);1H. The van der Waals surface area contributed by atoms with Gasteiger partial charge in [0.05, 0.1) is 6.54 Å². The molecule has 3 rings (SSSR count). The minimum absolute atomic E-state index is 0. The molecule has 1 heterocycles. The van der Waals surface area contributed by atoms with Gasteiger partial charge in [0.2, 0.25) is 5.91 Å². The molecule has 144 valence electrons. The second-order valence-electron chi connectivity index (χ2n) is 6.12. The van der Waals surface area contributed by atoms with Gasteiger partial charge in [-0.15, -0.1) is 24.0 Å². The molecule has 1 saturated heterocycles. The summed E-state index contributed by atoms with van der Waals surface area (Å²) < 4.78 is 0. The minimum atomic E-state index is -0.0831. The maximum absolute atomic E-state index is 12.1. The maximum atomic E-state index is 12.1. The third kappa shape index (κ3) is 6.13. The molecule has 0 saturated carbocycles. The molecule has 7 heteroatoms. The summed E-state index contributed by atoms with van der Waals surface area (Å²) in [6, 6.07) is 19.9. The molecule has 1 fully saturated rings. The van der Waals surface area contributed by atoms with Crippen molar-refractivity contribution in [2.24, 2.45) is 4.99 Å². The molecular weight excluding hydrogens is 453 g/mol. The van der Waals surface area contributed by atoms with E-state index in [9.17, 15) is 4.79 Å². The van der Waals surface area contributed by atoms with Gasteiger partial charge in [0, 0.05) is 44.6 Å². The largest absolute Gasteiger partial charge is 0.368 e. The van der Waals surface area contributed by atoms with E-state index in [1.807, 2.05) is 36.4 Å². The van der Waals surface area contributed by atoms with Gasteiger partial charge >= 0.3 is 0 Å². The van der Waals surface area contributed by atoms with Crippen LogP contribution in [0.15, 0.2) is 65.7 Å². The minimum Gasteiger partial charge on any atom is -0.368 e. The Morgan fingerprint density at radius 1 is 0.963 bits per heavy atom. The number of carbonyl (C=O) groups is 1. The third-order valence-corrected chi connectivity index (χ3v) is 4.38. The number of amides is 1. The number of piperazine rings is 1. The van der Waals surface area contributed by atoms with Crippen LogP contribution in [0.3, 0.4) is 0 Å². The molecule has 0 radical (unpaired) electrons. The van der Waals surface area contributed by atoms with Gasteiger partial charge in [-0.3, -0.25) is 9.79 Å². The molecule has 0 unspecified atom stereocenters. The monoisotopic (exact) mass is 479 g/mol. The zero-order valence-corrected chi connectivity index (χ0v) is 17.8. The fraction of sp³-hybridized carbons (Fsp3) is 0.300. The molecule has 27 heavy (non-hydrogen) atoms. The Bertz CT molecular complexity index is 731. The van der Waals surface area contributed by atoms with Crippen LogP contribution in [-0.4, -0.2) is 56.5 Å². The number of nitrogens with one attached hydrogen (secondary N) is 2. The van der Waals surface area contributed by atoms with Crippen LogP contribution in [0.25, 0.3) is 0 Å². The van der Waals surface area contributed by atoms with Crippen molar-refractivity contribution in [1.29, 1.82) is 0 Å². The number of carbonyl (C=O) groups excluding carboxylic acids is 1. The summed E-state index contributed by atoms with van der Waals surface area (Å²) in [5.41, 5.74) is 2.04. The van der Waals surface area contributed by atoms with Crippen LogP contribution in [0.2, 0.25) is 0 Å². The van der Waals surface area contributed by atoms with E-state index in [1.165, 1.54) is 5.69 Å². The number of guanidine groups is 1. The molecule has 0 aromatic heterocycles. The van der Waals surface area contributed by atoms with Crippen LogP contribution in [0.4, 0.5) is 11.4 Å². The first-order chi connectivity index (χ1) is 12.8. The average Bonchev–Trinajstić information content (AvgIpc) is 2.70. The van der Waals surface area contributed by atoms with E-state index in [0.29, 0.717) is 0 Å². The SMILES string of the molecule is CN=C(NCC(=O)Nc1ccccc1)N1CCN(c2ccccc2)CC1.I. The number of hydrogen-bond donors (Lipinski definition) is 2. The highest BCUT2D eigenvalue weighted by atomic mass is 127. The Labute approximate surface area is 177 Å².